The molecule has 0 bridgehead atoms. The molecule has 3 rings (SSSR count). The summed E-state index contributed by atoms with van der Waals surface area (Å²) in [5.74, 6) is -3.35. The molecule has 1 aliphatic rings. The van der Waals surface area contributed by atoms with Crippen LogP contribution in [0.15, 0.2) is 29.6 Å². The summed E-state index contributed by atoms with van der Waals surface area (Å²) >= 11 is 1.06. The second kappa shape index (κ2) is 18.7. The summed E-state index contributed by atoms with van der Waals surface area (Å²) in [4.78, 5) is 83.3. The van der Waals surface area contributed by atoms with E-state index < -0.39 is 47.0 Å². The van der Waals surface area contributed by atoms with Gasteiger partial charge in [-0.25, -0.2) is 9.78 Å². The maximum Gasteiger partial charge on any atom is 0.326 e. The smallest absolute Gasteiger partial charge is 0.326 e. The Labute approximate surface area is 302 Å². The van der Waals surface area contributed by atoms with Gasteiger partial charge in [-0.05, 0) is 43.8 Å². The van der Waals surface area contributed by atoms with E-state index in [0.717, 1.165) is 37.1 Å². The molecule has 0 unspecified atom stereocenters. The van der Waals surface area contributed by atoms with Crippen molar-refractivity contribution in [1.82, 2.24) is 25.4 Å². The first-order valence-corrected chi connectivity index (χ1v) is 18.1. The maximum absolute atomic E-state index is 14.1. The molecule has 2 aromatic rings. The van der Waals surface area contributed by atoms with Crippen LogP contribution in [-0.2, 0) is 30.3 Å². The van der Waals surface area contributed by atoms with Crippen molar-refractivity contribution in [3.8, 4) is 0 Å². The van der Waals surface area contributed by atoms with Crippen LogP contribution in [0, 0.1) is 22.0 Å². The number of rotatable bonds is 17. The predicted octanol–water partition coefficient (Wildman–Crippen LogP) is 3.97. The second-order valence-corrected chi connectivity index (χ2v) is 14.4. The summed E-state index contributed by atoms with van der Waals surface area (Å²) in [7, 11) is 3.59. The van der Waals surface area contributed by atoms with E-state index >= 15 is 0 Å². The number of nitro groups is 1. The number of nitro benzene ring substituents is 1. The van der Waals surface area contributed by atoms with Gasteiger partial charge < -0.3 is 25.4 Å². The monoisotopic (exact) mass is 730 g/mol. The molecule has 51 heavy (non-hydrogen) atoms. The number of benzene rings is 1. The van der Waals surface area contributed by atoms with Crippen LogP contribution in [0.3, 0.4) is 0 Å². The van der Waals surface area contributed by atoms with E-state index in [4.69, 9.17) is 4.74 Å². The zero-order chi connectivity index (χ0) is 38.0. The van der Waals surface area contributed by atoms with Crippen LogP contribution < -0.4 is 10.6 Å². The summed E-state index contributed by atoms with van der Waals surface area (Å²) in [5, 5.41) is 27.9. The van der Waals surface area contributed by atoms with Gasteiger partial charge in [-0.2, -0.15) is 0 Å². The average molecular weight is 731 g/mol. The Morgan fingerprint density at radius 2 is 1.80 bits per heavy atom. The van der Waals surface area contributed by atoms with Crippen molar-refractivity contribution in [1.29, 1.82) is 0 Å². The molecule has 6 atom stereocenters. The number of esters is 1. The highest BCUT2D eigenvalue weighted by molar-refractivity contribution is 7.09. The number of carboxylic acids is 1. The zero-order valence-corrected chi connectivity index (χ0v) is 31.1. The summed E-state index contributed by atoms with van der Waals surface area (Å²) in [6, 6.07) is 2.48. The van der Waals surface area contributed by atoms with Crippen LogP contribution >= 0.6 is 11.3 Å². The van der Waals surface area contributed by atoms with Crippen LogP contribution in [0.1, 0.15) is 93.9 Å². The van der Waals surface area contributed by atoms with Gasteiger partial charge in [0.05, 0.1) is 11.0 Å². The quantitative estimate of drug-likeness (QED) is 0.121. The number of carbonyl (C=O) groups is 5. The first-order valence-electron chi connectivity index (χ1n) is 17.2. The van der Waals surface area contributed by atoms with Crippen molar-refractivity contribution in [3.05, 3.63) is 56.0 Å². The zero-order valence-electron chi connectivity index (χ0n) is 30.3. The molecule has 1 aliphatic heterocycles. The van der Waals surface area contributed by atoms with Crippen LogP contribution in [0.2, 0.25) is 0 Å². The lowest BCUT2D eigenvalue weighted by Gasteiger charge is -2.38. The minimum atomic E-state index is -1.35. The molecule has 16 heteroatoms. The number of hydrogen-bond acceptors (Lipinski definition) is 11. The number of aromatic nitrogens is 1. The first-order chi connectivity index (χ1) is 24.0. The summed E-state index contributed by atoms with van der Waals surface area (Å²) < 4.78 is 5.67. The van der Waals surface area contributed by atoms with E-state index in [1.54, 1.807) is 11.9 Å². The number of likely N-dealkylation sites (tertiary alicyclic amines) is 1. The van der Waals surface area contributed by atoms with Gasteiger partial charge in [-0.1, -0.05) is 52.7 Å². The van der Waals surface area contributed by atoms with E-state index in [-0.39, 0.29) is 58.9 Å². The number of carbonyl (C=O) groups excluding carboxylic acids is 4. The average Bonchev–Trinajstić information content (AvgIpc) is 3.58. The largest absolute Gasteiger partial charge is 0.480 e. The minimum absolute atomic E-state index is 0.0835. The Hall–Kier alpha value is -4.44. The lowest BCUT2D eigenvalue weighted by Crippen LogP contribution is -2.58. The van der Waals surface area contributed by atoms with Crippen LogP contribution in [0.25, 0.3) is 0 Å². The van der Waals surface area contributed by atoms with Crippen LogP contribution in [0.5, 0.6) is 0 Å². The SMILES string of the molecule is CC[C@H](C)[C@H](NC(=O)[C@H]1CCCCN1C)C(=O)N(C)[C@H](C[C@@H](OC(C)=O)c1nc(C(=O)N[C@@H](Cc2ccc([N+](=O)[O-])cc2)C(=O)O)cs1)C(C)C. The van der Waals surface area contributed by atoms with E-state index in [9.17, 15) is 39.2 Å². The van der Waals surface area contributed by atoms with Gasteiger partial charge in [0, 0.05) is 50.4 Å². The standard InChI is InChI=1S/C35H50N6O9S/c1-8-21(4)30(38-32(44)27-11-9-10-16-39(27)6)34(45)40(7)28(20(2)3)18-29(50-22(5)42)33-37-26(19-51-33)31(43)36-25(35(46)47)17-23-12-14-24(15-13-23)41(48)49/h12-15,19-21,25,27-30H,8-11,16-18H2,1-7H3,(H,36,43)(H,38,44)(H,46,47)/t21-,25-,27+,28+,29+,30-/m0/s1. The van der Waals surface area contributed by atoms with Gasteiger partial charge in [0.1, 0.15) is 22.8 Å². The molecule has 0 radical (unpaired) electrons. The number of non-ortho nitro benzene ring substituents is 1. The maximum atomic E-state index is 14.1. The molecule has 15 nitrogen and oxygen atoms in total. The van der Waals surface area contributed by atoms with E-state index in [1.165, 1.54) is 36.6 Å². The number of thiazole rings is 1. The molecular formula is C35H50N6O9S. The number of nitrogens with one attached hydrogen (secondary N) is 2. The molecular weight excluding hydrogens is 680 g/mol. The van der Waals surface area contributed by atoms with Crippen molar-refractivity contribution in [3.63, 3.8) is 0 Å². The molecule has 3 N–H and O–H groups in total. The van der Waals surface area contributed by atoms with Gasteiger partial charge in [0.2, 0.25) is 11.8 Å². The van der Waals surface area contributed by atoms with E-state index in [0.29, 0.717) is 12.0 Å². The molecule has 280 valence electrons. The molecule has 1 fully saturated rings. The fourth-order valence-electron chi connectivity index (χ4n) is 6.18. The fraction of sp³-hybridized carbons (Fsp3) is 0.600. The molecule has 1 aromatic carbocycles. The Balaban J connectivity index is 1.79. The Morgan fingerprint density at radius 3 is 2.35 bits per heavy atom. The topological polar surface area (TPSA) is 201 Å². The Morgan fingerprint density at radius 1 is 1.14 bits per heavy atom. The number of likely N-dealkylation sites (N-methyl/N-ethyl adjacent to an activating group) is 2. The number of aliphatic carboxylic acids is 1. The highest BCUT2D eigenvalue weighted by atomic mass is 32.1. The summed E-state index contributed by atoms with van der Waals surface area (Å²) in [5.41, 5.74) is 0.240. The highest BCUT2D eigenvalue weighted by Crippen LogP contribution is 2.31. The second-order valence-electron chi connectivity index (χ2n) is 13.5. The molecule has 0 spiro atoms. The molecule has 0 saturated carbocycles. The third-order valence-electron chi connectivity index (χ3n) is 9.45. The van der Waals surface area contributed by atoms with Crippen molar-refractivity contribution in [2.24, 2.45) is 11.8 Å². The number of ether oxygens (including phenoxy) is 1. The van der Waals surface area contributed by atoms with Crippen molar-refractivity contribution in [2.75, 3.05) is 20.6 Å². The van der Waals surface area contributed by atoms with Crippen molar-refractivity contribution in [2.45, 2.75) is 103 Å². The molecule has 1 saturated heterocycles. The van der Waals surface area contributed by atoms with Crippen molar-refractivity contribution < 1.29 is 38.7 Å². The number of hydrogen-bond donors (Lipinski definition) is 3. The Bertz CT molecular complexity index is 1550. The molecule has 0 aliphatic carbocycles. The number of amides is 3. The van der Waals surface area contributed by atoms with Gasteiger partial charge in [0.25, 0.3) is 11.6 Å². The van der Waals surface area contributed by atoms with Gasteiger partial charge >= 0.3 is 11.9 Å². The van der Waals surface area contributed by atoms with Gasteiger partial charge in [-0.15, -0.1) is 11.3 Å². The van der Waals surface area contributed by atoms with Crippen molar-refractivity contribution >= 4 is 46.7 Å². The minimum Gasteiger partial charge on any atom is -0.480 e. The fourth-order valence-corrected chi connectivity index (χ4v) is 7.02. The summed E-state index contributed by atoms with van der Waals surface area (Å²) in [6.45, 7) is 9.83. The van der Waals surface area contributed by atoms with Gasteiger partial charge in [0.15, 0.2) is 6.10 Å². The molecule has 1 aromatic heterocycles. The lowest BCUT2D eigenvalue weighted by molar-refractivity contribution is -0.384. The third kappa shape index (κ3) is 11.3. The van der Waals surface area contributed by atoms with E-state index in [2.05, 4.69) is 15.6 Å². The predicted molar refractivity (Wildman–Crippen MR) is 190 cm³/mol. The number of piperidine rings is 1. The lowest BCUT2D eigenvalue weighted by atomic mass is 9.92. The molecule has 2 heterocycles. The highest BCUT2D eigenvalue weighted by Gasteiger charge is 2.37. The number of nitrogens with zero attached hydrogens (tertiary/aromatic N) is 4. The first kappa shape index (κ1) is 41.0. The van der Waals surface area contributed by atoms with E-state index in [1.807, 2.05) is 39.6 Å². The summed E-state index contributed by atoms with van der Waals surface area (Å²) in [6.07, 6.45) is 2.45. The normalized spacial score (nSPS) is 17.8. The van der Waals surface area contributed by atoms with Crippen LogP contribution in [-0.4, -0.2) is 99.3 Å². The van der Waals surface area contributed by atoms with Crippen LogP contribution in [0.4, 0.5) is 5.69 Å². The molecule has 3 amide bonds. The number of carboxylic acid groups (broad SMARTS) is 1. The third-order valence-corrected chi connectivity index (χ3v) is 10.4. The Kier molecular flexibility index (Phi) is 15.0. The van der Waals surface area contributed by atoms with Gasteiger partial charge in [-0.3, -0.25) is 34.2 Å².